The second-order valence-corrected chi connectivity index (χ2v) is 35.2. The Hall–Kier alpha value is -12.4. The van der Waals surface area contributed by atoms with Crippen molar-refractivity contribution in [3.05, 3.63) is 343 Å². The van der Waals surface area contributed by atoms with Gasteiger partial charge in [0.2, 0.25) is 0 Å². The van der Waals surface area contributed by atoms with Crippen molar-refractivity contribution in [2.75, 3.05) is 9.80 Å². The molecule has 0 aliphatic carbocycles. The molecule has 16 aromatic rings. The van der Waals surface area contributed by atoms with E-state index in [0.717, 1.165) is 94.3 Å². The zero-order valence-corrected chi connectivity index (χ0v) is 66.9. The van der Waals surface area contributed by atoms with Gasteiger partial charge in [-0.2, -0.15) is 0 Å². The second-order valence-electron chi connectivity index (χ2n) is 35.2. The minimum absolute atomic E-state index is 0.0567. The van der Waals surface area contributed by atoms with Crippen LogP contribution in [0.15, 0.2) is 315 Å². The van der Waals surface area contributed by atoms with Crippen LogP contribution in [0.2, 0.25) is 0 Å². The van der Waals surface area contributed by atoms with Crippen LogP contribution in [0.25, 0.3) is 117 Å². The first-order valence-corrected chi connectivity index (χ1v) is 38.9. The van der Waals surface area contributed by atoms with Crippen LogP contribution in [0.3, 0.4) is 0 Å². The molecule has 0 fully saturated rings. The van der Waals surface area contributed by atoms with E-state index in [2.05, 4.69) is 229 Å². The van der Waals surface area contributed by atoms with Crippen molar-refractivity contribution in [2.45, 2.75) is 131 Å². The van der Waals surface area contributed by atoms with Gasteiger partial charge in [-0.25, -0.2) is 15.0 Å². The Labute approximate surface area is 699 Å². The van der Waals surface area contributed by atoms with Gasteiger partial charge < -0.3 is 14.4 Å². The number of fused-ring (bicyclic) bond motifs is 7. The fourth-order valence-corrected chi connectivity index (χ4v) is 16.1. The lowest BCUT2D eigenvalue weighted by Crippen LogP contribution is -2.61. The van der Waals surface area contributed by atoms with E-state index >= 15 is 0 Å². The van der Waals surface area contributed by atoms with Gasteiger partial charge in [0.05, 0.1) is 47.1 Å². The SMILES string of the molecule is [2H]c1c([2H])c([2H])c(-c2nc(-c3cc(C(C)(C)C)cc(-c4ccccc4)c3N3c4cc(-c5cc(C(C)(C)C)cc(C(C)(C)C)c5)ccc4B4c5ccc(-n6c7c([2H])c([2H])c([2H])c([2H])c7c7c([2H])c([2H])c([2H])c([2H])c76)cc5N(c5ccc(-c6ccccc6)cc5-c5ccccc5)c5cc(-c6cc(C(C)(C)C)cc(C(C)(C)C)c6)cc3c54)nc(-c3c([2H])c([2H])c([2H])c([2H])c3[2H])n2)c([2H])c1[2H]. The summed E-state index contributed by atoms with van der Waals surface area (Å²) in [6, 6.07) is 60.4. The number of aromatic nitrogens is 4. The normalized spacial score (nSPS) is 15.2. The Morgan fingerprint density at radius 2 is 0.658 bits per heavy atom. The van der Waals surface area contributed by atoms with E-state index in [9.17, 15) is 19.2 Å². The van der Waals surface area contributed by atoms with Crippen LogP contribution in [0.4, 0.5) is 34.1 Å². The monoisotopic (exact) mass is 1490 g/mol. The molecule has 0 radical (unpaired) electrons. The number of benzene rings is 14. The summed E-state index contributed by atoms with van der Waals surface area (Å²) in [6.45, 7) is 31.9. The maximum atomic E-state index is 9.95. The number of hydrogen-bond acceptors (Lipinski definition) is 5. The summed E-state index contributed by atoms with van der Waals surface area (Å²) < 4.78 is 171. The summed E-state index contributed by atoms with van der Waals surface area (Å²) >= 11 is 0. The average Bonchev–Trinajstić information content (AvgIpc) is 1.01. The number of anilines is 6. The van der Waals surface area contributed by atoms with Crippen molar-refractivity contribution >= 4 is 79.0 Å². The predicted molar refractivity (Wildman–Crippen MR) is 485 cm³/mol. The molecule has 0 bridgehead atoms. The third-order valence-corrected chi connectivity index (χ3v) is 22.4. The van der Waals surface area contributed by atoms with Crippen LogP contribution in [0.1, 0.15) is 156 Å². The van der Waals surface area contributed by atoms with Gasteiger partial charge in [0.25, 0.3) is 6.71 Å². The molecule has 558 valence electrons. The first-order chi connectivity index (χ1) is 62.1. The van der Waals surface area contributed by atoms with Crippen molar-refractivity contribution in [1.82, 2.24) is 19.5 Å². The van der Waals surface area contributed by atoms with Gasteiger partial charge in [0.1, 0.15) is 0 Å². The molecule has 0 saturated heterocycles. The molecule has 0 N–H and O–H groups in total. The van der Waals surface area contributed by atoms with Gasteiger partial charge in [0.15, 0.2) is 17.5 Å². The molecular formula is C107H97BN6. The minimum Gasteiger partial charge on any atom is -0.311 e. The van der Waals surface area contributed by atoms with Crippen LogP contribution in [-0.2, 0) is 27.1 Å². The van der Waals surface area contributed by atoms with Crippen molar-refractivity contribution in [3.63, 3.8) is 0 Å². The minimum atomic E-state index is -0.778. The Kier molecular flexibility index (Phi) is 13.4. The third-order valence-electron chi connectivity index (χ3n) is 22.4. The lowest BCUT2D eigenvalue weighted by Gasteiger charge is -2.46. The topological polar surface area (TPSA) is 50.1 Å². The molecule has 6 nitrogen and oxygen atoms in total. The second kappa shape index (κ2) is 27.7. The van der Waals surface area contributed by atoms with Crippen molar-refractivity contribution < 1.29 is 24.7 Å². The molecule has 4 heterocycles. The van der Waals surface area contributed by atoms with Gasteiger partial charge in [-0.15, -0.1) is 0 Å². The summed E-state index contributed by atoms with van der Waals surface area (Å²) in [5.41, 5.74) is 16.6. The Bertz CT molecular complexity index is 7300. The number of nitrogens with zero attached hydrogens (tertiary/aromatic N) is 6. The quantitative estimate of drug-likeness (QED) is 0.121. The molecule has 0 atom stereocenters. The molecular weight excluding hydrogens is 1380 g/mol. The molecule has 114 heavy (non-hydrogen) atoms. The lowest BCUT2D eigenvalue weighted by molar-refractivity contribution is 0.568. The van der Waals surface area contributed by atoms with Gasteiger partial charge in [-0.3, -0.25) is 0 Å². The summed E-state index contributed by atoms with van der Waals surface area (Å²) in [5.74, 6) is -1.06. The third kappa shape index (κ3) is 13.2. The van der Waals surface area contributed by atoms with Crippen LogP contribution in [0, 0.1) is 0 Å². The molecule has 2 aromatic heterocycles. The Morgan fingerprint density at radius 3 is 1.17 bits per heavy atom. The Balaban J connectivity index is 1.09. The molecule has 0 unspecified atom stereocenters. The highest BCUT2D eigenvalue weighted by molar-refractivity contribution is 7.00. The molecule has 0 spiro atoms. The van der Waals surface area contributed by atoms with Gasteiger partial charge in [0, 0.05) is 67.0 Å². The molecule has 18 rings (SSSR count). The van der Waals surface area contributed by atoms with E-state index in [1.165, 1.54) is 0 Å². The van der Waals surface area contributed by atoms with Crippen molar-refractivity contribution in [1.29, 1.82) is 0 Å². The molecule has 2 aliphatic heterocycles. The van der Waals surface area contributed by atoms with Crippen LogP contribution < -0.4 is 26.2 Å². The summed E-state index contributed by atoms with van der Waals surface area (Å²) in [5, 5.41) is -0.158. The van der Waals surface area contributed by atoms with E-state index in [1.807, 2.05) is 91.0 Å². The zero-order valence-electron chi connectivity index (χ0n) is 84.9. The maximum absolute atomic E-state index is 9.95. The summed E-state index contributed by atoms with van der Waals surface area (Å²) in [7, 11) is 0. The van der Waals surface area contributed by atoms with E-state index in [4.69, 9.17) is 20.4 Å². The summed E-state index contributed by atoms with van der Waals surface area (Å²) in [4.78, 5) is 20.2. The number of hydrogen-bond donors (Lipinski definition) is 0. The molecule has 14 aromatic carbocycles. The first-order valence-electron chi connectivity index (χ1n) is 47.9. The Morgan fingerprint density at radius 1 is 0.272 bits per heavy atom. The smallest absolute Gasteiger partial charge is 0.252 e. The van der Waals surface area contributed by atoms with Gasteiger partial charge >= 0.3 is 0 Å². The predicted octanol–water partition coefficient (Wildman–Crippen LogP) is 26.9. The highest BCUT2D eigenvalue weighted by atomic mass is 15.2. The van der Waals surface area contributed by atoms with Gasteiger partial charge in [-0.05, 0) is 182 Å². The van der Waals surface area contributed by atoms with E-state index < -0.39 is 154 Å². The van der Waals surface area contributed by atoms with E-state index in [1.54, 1.807) is 4.57 Å². The number of rotatable bonds is 11. The fourth-order valence-electron chi connectivity index (χ4n) is 16.1. The average molecular weight is 1500 g/mol. The highest BCUT2D eigenvalue weighted by Crippen LogP contribution is 2.55. The van der Waals surface area contributed by atoms with Crippen molar-refractivity contribution in [2.24, 2.45) is 0 Å². The largest absolute Gasteiger partial charge is 0.311 e. The standard InChI is InChI=1S/C107H97BN6/c1-103(2,3)78-55-75(56-79(63-78)104(4,5)6)74-49-52-89-94(60-74)114(99-87(70-39-25-18-26-40-70)65-82(107(13,14)15)66-88(99)102-110-100(71-41-27-19-28-42-71)109-101(111-102)72-43-29-20-30-44-72)97-62-77(76-57-80(105(7,8)9)64-81(58-76)106(10,11)12)61-96-98(97)108(89)90-53-51-83(112-91-47-33-31-45-84(91)85-46-32-34-48-92(85)112)67-95(90)113(96)93-54-50-73(68-35-21-16-22-36-68)59-86(93)69-37-23-17-24-38-69/h16-67H,1-15H3/i19D,20D,27D,28D,29D,30D,31D,32D,33D,34D,41D,42D,43D,44D,45D,46D,47D,48D. The fraction of sp³-hybridized carbons (Fsp3) is 0.187. The first kappa shape index (κ1) is 55.1. The highest BCUT2D eigenvalue weighted by Gasteiger charge is 2.46. The number of para-hydroxylation sites is 2. The van der Waals surface area contributed by atoms with Crippen LogP contribution in [-0.4, -0.2) is 26.2 Å². The van der Waals surface area contributed by atoms with Crippen molar-refractivity contribution in [3.8, 4) is 95.5 Å². The zero-order chi connectivity index (χ0) is 94.6. The molecule has 7 heteroatoms. The lowest BCUT2D eigenvalue weighted by atomic mass is 9.33. The summed E-state index contributed by atoms with van der Waals surface area (Å²) in [6.07, 6.45) is 0. The van der Waals surface area contributed by atoms with E-state index in [0.29, 0.717) is 45.4 Å². The van der Waals surface area contributed by atoms with Crippen LogP contribution >= 0.6 is 0 Å². The maximum Gasteiger partial charge on any atom is 0.252 e. The molecule has 0 saturated carbocycles. The van der Waals surface area contributed by atoms with Gasteiger partial charge in [-0.1, -0.05) is 352 Å². The molecule has 0 amide bonds. The van der Waals surface area contributed by atoms with E-state index in [-0.39, 0.29) is 44.0 Å². The molecule has 2 aliphatic rings. The van der Waals surface area contributed by atoms with Crippen LogP contribution in [0.5, 0.6) is 0 Å².